The molecule has 2 amide bonds. The smallest absolute Gasteiger partial charge is 0.249 e. The second-order valence-electron chi connectivity index (χ2n) is 7.45. The van der Waals surface area contributed by atoms with Crippen LogP contribution in [0, 0.1) is 0 Å². The van der Waals surface area contributed by atoms with Crippen LogP contribution in [0.3, 0.4) is 0 Å². The molecule has 8 nitrogen and oxygen atoms in total. The number of ether oxygens (including phenoxy) is 2. The quantitative estimate of drug-likeness (QED) is 0.580. The second kappa shape index (κ2) is 9.61. The van der Waals surface area contributed by atoms with Gasteiger partial charge in [-0.3, -0.25) is 9.59 Å². The number of hydrogen-bond donors (Lipinski definition) is 2. The number of aromatic nitrogens is 2. The van der Waals surface area contributed by atoms with Crippen molar-refractivity contribution in [2.45, 2.75) is 38.6 Å². The van der Waals surface area contributed by atoms with Gasteiger partial charge in [-0.1, -0.05) is 24.3 Å². The van der Waals surface area contributed by atoms with Crippen molar-refractivity contribution in [2.75, 3.05) is 13.7 Å². The van der Waals surface area contributed by atoms with Crippen molar-refractivity contribution in [3.63, 3.8) is 0 Å². The first-order valence-electron chi connectivity index (χ1n) is 10.4. The van der Waals surface area contributed by atoms with Crippen LogP contribution in [0.5, 0.6) is 5.75 Å². The Balaban J connectivity index is 1.43. The Hall–Kier alpha value is -3.39. The number of methoxy groups -OCH3 is 1. The van der Waals surface area contributed by atoms with E-state index in [0.29, 0.717) is 19.0 Å². The van der Waals surface area contributed by atoms with Gasteiger partial charge < -0.3 is 24.7 Å². The first-order chi connectivity index (χ1) is 15.1. The van der Waals surface area contributed by atoms with Crippen molar-refractivity contribution in [3.05, 3.63) is 59.9 Å². The van der Waals surface area contributed by atoms with Crippen molar-refractivity contribution in [1.82, 2.24) is 20.2 Å². The monoisotopic (exact) mass is 422 g/mol. The van der Waals surface area contributed by atoms with Crippen LogP contribution in [-0.4, -0.2) is 41.2 Å². The molecule has 1 aromatic heterocycles. The fraction of sp³-hybridized carbons (Fsp3) is 0.348. The lowest BCUT2D eigenvalue weighted by molar-refractivity contribution is -0.130. The van der Waals surface area contributed by atoms with E-state index in [-0.39, 0.29) is 24.9 Å². The van der Waals surface area contributed by atoms with E-state index in [1.807, 2.05) is 53.1 Å². The van der Waals surface area contributed by atoms with Crippen LogP contribution in [-0.2, 0) is 34.0 Å². The predicted octanol–water partition coefficient (Wildman–Crippen LogP) is 2.16. The van der Waals surface area contributed by atoms with Gasteiger partial charge in [0.2, 0.25) is 11.8 Å². The SMILES string of the molecule is COc1ccc(CNC(=O)Cn2c(CNC(=O)C3CCCO3)nc3ccccc32)cc1. The zero-order chi connectivity index (χ0) is 21.6. The van der Waals surface area contributed by atoms with Crippen LogP contribution in [0.4, 0.5) is 0 Å². The molecule has 4 rings (SSSR count). The third-order valence-electron chi connectivity index (χ3n) is 5.33. The van der Waals surface area contributed by atoms with Crippen molar-refractivity contribution in [3.8, 4) is 5.75 Å². The largest absolute Gasteiger partial charge is 0.497 e. The lowest BCUT2D eigenvalue weighted by Crippen LogP contribution is -2.35. The standard InChI is InChI=1S/C23H26N4O4/c1-30-17-10-8-16(9-11-17)13-24-22(28)15-27-19-6-3-2-5-18(19)26-21(27)14-25-23(29)20-7-4-12-31-20/h2-3,5-6,8-11,20H,4,7,12-15H2,1H3,(H,24,28)(H,25,29). The number of benzene rings is 2. The minimum Gasteiger partial charge on any atom is -0.497 e. The van der Waals surface area contributed by atoms with Crippen LogP contribution in [0.1, 0.15) is 24.2 Å². The Morgan fingerprint density at radius 3 is 2.68 bits per heavy atom. The number of fused-ring (bicyclic) bond motifs is 1. The first kappa shape index (κ1) is 20.9. The van der Waals surface area contributed by atoms with Crippen molar-refractivity contribution in [1.29, 1.82) is 0 Å². The molecule has 0 spiro atoms. The van der Waals surface area contributed by atoms with Gasteiger partial charge in [0.1, 0.15) is 24.2 Å². The lowest BCUT2D eigenvalue weighted by Gasteiger charge is -2.13. The Morgan fingerprint density at radius 2 is 1.94 bits per heavy atom. The van der Waals surface area contributed by atoms with Gasteiger partial charge in [-0.2, -0.15) is 0 Å². The molecule has 1 aliphatic rings. The molecule has 1 atom stereocenters. The second-order valence-corrected chi connectivity index (χ2v) is 7.45. The molecule has 0 saturated carbocycles. The van der Waals surface area contributed by atoms with Crippen molar-refractivity contribution in [2.24, 2.45) is 0 Å². The van der Waals surface area contributed by atoms with Crippen LogP contribution in [0.2, 0.25) is 0 Å². The molecule has 0 bridgehead atoms. The average Bonchev–Trinajstić information content (AvgIpc) is 3.45. The average molecular weight is 422 g/mol. The van der Waals surface area contributed by atoms with Crippen molar-refractivity contribution < 1.29 is 19.1 Å². The van der Waals surface area contributed by atoms with E-state index in [1.165, 1.54) is 0 Å². The highest BCUT2D eigenvalue weighted by Crippen LogP contribution is 2.17. The Morgan fingerprint density at radius 1 is 1.13 bits per heavy atom. The highest BCUT2D eigenvalue weighted by molar-refractivity contribution is 5.82. The summed E-state index contributed by atoms with van der Waals surface area (Å²) in [5, 5.41) is 5.83. The molecule has 2 N–H and O–H groups in total. The Kier molecular flexibility index (Phi) is 6.47. The summed E-state index contributed by atoms with van der Waals surface area (Å²) in [7, 11) is 1.62. The number of carbonyl (C=O) groups excluding carboxylic acids is 2. The van der Waals surface area contributed by atoms with E-state index in [1.54, 1.807) is 7.11 Å². The Bertz CT molecular complexity index is 1060. The van der Waals surface area contributed by atoms with Crippen LogP contribution >= 0.6 is 0 Å². The zero-order valence-electron chi connectivity index (χ0n) is 17.5. The number of nitrogens with one attached hydrogen (secondary N) is 2. The maximum absolute atomic E-state index is 12.7. The summed E-state index contributed by atoms with van der Waals surface area (Å²) in [5.74, 6) is 1.13. The summed E-state index contributed by atoms with van der Waals surface area (Å²) in [5.41, 5.74) is 2.61. The number of nitrogens with zero attached hydrogens (tertiary/aromatic N) is 2. The summed E-state index contributed by atoms with van der Waals surface area (Å²) < 4.78 is 12.4. The van der Waals surface area contributed by atoms with E-state index in [9.17, 15) is 9.59 Å². The minimum atomic E-state index is -0.398. The van der Waals surface area contributed by atoms with Crippen LogP contribution in [0.15, 0.2) is 48.5 Å². The molecule has 1 saturated heterocycles. The molecule has 2 aromatic carbocycles. The maximum Gasteiger partial charge on any atom is 0.249 e. The molecule has 162 valence electrons. The summed E-state index contributed by atoms with van der Waals surface area (Å²) >= 11 is 0. The third kappa shape index (κ3) is 5.03. The number of carbonyl (C=O) groups is 2. The van der Waals surface area contributed by atoms with E-state index in [0.717, 1.165) is 35.2 Å². The number of para-hydroxylation sites is 2. The summed E-state index contributed by atoms with van der Waals surface area (Å²) in [4.78, 5) is 29.6. The van der Waals surface area contributed by atoms with Gasteiger partial charge in [0.05, 0.1) is 24.7 Å². The van der Waals surface area contributed by atoms with Gasteiger partial charge in [0, 0.05) is 13.2 Å². The van der Waals surface area contributed by atoms with Gasteiger partial charge in [0.15, 0.2) is 0 Å². The molecule has 1 unspecified atom stereocenters. The number of amides is 2. The number of imidazole rings is 1. The lowest BCUT2D eigenvalue weighted by atomic mass is 10.2. The number of rotatable bonds is 8. The molecule has 1 fully saturated rings. The van der Waals surface area contributed by atoms with Gasteiger partial charge in [0.25, 0.3) is 0 Å². The van der Waals surface area contributed by atoms with E-state index in [4.69, 9.17) is 9.47 Å². The molecular formula is C23H26N4O4. The van der Waals surface area contributed by atoms with Crippen LogP contribution < -0.4 is 15.4 Å². The summed E-state index contributed by atoms with van der Waals surface area (Å²) in [6.45, 7) is 1.38. The highest BCUT2D eigenvalue weighted by Gasteiger charge is 2.24. The molecule has 1 aliphatic heterocycles. The molecule has 31 heavy (non-hydrogen) atoms. The fourth-order valence-corrected chi connectivity index (χ4v) is 3.64. The molecule has 0 radical (unpaired) electrons. The molecule has 0 aliphatic carbocycles. The van der Waals surface area contributed by atoms with E-state index < -0.39 is 6.10 Å². The van der Waals surface area contributed by atoms with Gasteiger partial charge >= 0.3 is 0 Å². The zero-order valence-corrected chi connectivity index (χ0v) is 17.5. The third-order valence-corrected chi connectivity index (χ3v) is 5.33. The molecule has 2 heterocycles. The minimum absolute atomic E-state index is 0.113. The number of hydrogen-bond acceptors (Lipinski definition) is 5. The van der Waals surface area contributed by atoms with Crippen LogP contribution in [0.25, 0.3) is 11.0 Å². The summed E-state index contributed by atoms with van der Waals surface area (Å²) in [6.07, 6.45) is 1.23. The van der Waals surface area contributed by atoms with Crippen molar-refractivity contribution >= 4 is 22.8 Å². The van der Waals surface area contributed by atoms with Gasteiger partial charge in [-0.05, 0) is 42.7 Å². The molecule has 8 heteroatoms. The van der Waals surface area contributed by atoms with Gasteiger partial charge in [-0.25, -0.2) is 4.98 Å². The molecular weight excluding hydrogens is 396 g/mol. The van der Waals surface area contributed by atoms with E-state index >= 15 is 0 Å². The Labute approximate surface area is 180 Å². The highest BCUT2D eigenvalue weighted by atomic mass is 16.5. The predicted molar refractivity (Wildman–Crippen MR) is 115 cm³/mol. The normalized spacial score (nSPS) is 15.7. The van der Waals surface area contributed by atoms with Gasteiger partial charge in [-0.15, -0.1) is 0 Å². The topological polar surface area (TPSA) is 94.5 Å². The maximum atomic E-state index is 12.7. The summed E-state index contributed by atoms with van der Waals surface area (Å²) in [6, 6.07) is 15.2. The first-order valence-corrected chi connectivity index (χ1v) is 10.4. The van der Waals surface area contributed by atoms with E-state index in [2.05, 4.69) is 15.6 Å². The fourth-order valence-electron chi connectivity index (χ4n) is 3.64. The molecule has 3 aromatic rings.